The van der Waals surface area contributed by atoms with E-state index < -0.39 is 0 Å². The fraction of sp³-hybridized carbons (Fsp3) is 0.600. The summed E-state index contributed by atoms with van der Waals surface area (Å²) in [5.41, 5.74) is 1.13. The second-order valence-electron chi connectivity index (χ2n) is 3.63. The van der Waals surface area contributed by atoms with E-state index in [1.54, 1.807) is 12.4 Å². The molecular weight excluding hydrogens is 164 g/mol. The molecule has 0 saturated heterocycles. The maximum absolute atomic E-state index is 9.77. The molecule has 0 bridgehead atoms. The quantitative estimate of drug-likeness (QED) is 0.708. The molecule has 0 amide bonds. The van der Waals surface area contributed by atoms with E-state index in [1.807, 2.05) is 6.07 Å². The molecular formula is C10H14N2O. The predicted molar refractivity (Wildman–Crippen MR) is 49.2 cm³/mol. The largest absolute Gasteiger partial charge is 0.392 e. The number of aliphatic hydroxyl groups excluding tert-OH is 1. The molecule has 0 aromatic carbocycles. The summed E-state index contributed by atoms with van der Waals surface area (Å²) in [4.78, 5) is 0. The average molecular weight is 178 g/mol. The third-order valence-electron chi connectivity index (χ3n) is 2.76. The molecule has 1 heterocycles. The van der Waals surface area contributed by atoms with E-state index in [1.165, 1.54) is 6.42 Å². The van der Waals surface area contributed by atoms with Gasteiger partial charge in [-0.1, -0.05) is 12.8 Å². The summed E-state index contributed by atoms with van der Waals surface area (Å²) in [5, 5.41) is 17.3. The van der Waals surface area contributed by atoms with Crippen molar-refractivity contribution in [2.45, 2.75) is 37.7 Å². The fourth-order valence-corrected chi connectivity index (χ4v) is 2.02. The number of hydrogen-bond acceptors (Lipinski definition) is 3. The Kier molecular flexibility index (Phi) is 2.54. The molecule has 0 unspecified atom stereocenters. The van der Waals surface area contributed by atoms with Crippen molar-refractivity contribution < 1.29 is 5.11 Å². The van der Waals surface area contributed by atoms with E-state index >= 15 is 0 Å². The van der Waals surface area contributed by atoms with Crippen LogP contribution in [0.1, 0.15) is 37.2 Å². The number of hydrogen-bond donors (Lipinski definition) is 1. The van der Waals surface area contributed by atoms with Gasteiger partial charge in [-0.3, -0.25) is 0 Å². The lowest BCUT2D eigenvalue weighted by Gasteiger charge is -2.27. The van der Waals surface area contributed by atoms with E-state index in [9.17, 15) is 5.11 Å². The average Bonchev–Trinajstić information content (AvgIpc) is 2.20. The van der Waals surface area contributed by atoms with Crippen molar-refractivity contribution in [1.29, 1.82) is 0 Å². The molecule has 1 aromatic rings. The molecule has 1 saturated carbocycles. The van der Waals surface area contributed by atoms with Crippen molar-refractivity contribution in [3.63, 3.8) is 0 Å². The Bertz CT molecular complexity index is 263. The Morgan fingerprint density at radius 2 is 2.08 bits per heavy atom. The number of aromatic nitrogens is 2. The molecule has 13 heavy (non-hydrogen) atoms. The number of rotatable bonds is 1. The van der Waals surface area contributed by atoms with Gasteiger partial charge in [0.05, 0.1) is 12.3 Å². The van der Waals surface area contributed by atoms with Crippen LogP contribution in [0.5, 0.6) is 0 Å². The Balaban J connectivity index is 2.15. The summed E-state index contributed by atoms with van der Waals surface area (Å²) >= 11 is 0. The van der Waals surface area contributed by atoms with Gasteiger partial charge in [0.1, 0.15) is 0 Å². The highest BCUT2D eigenvalue weighted by Crippen LogP contribution is 2.32. The molecule has 1 aromatic heterocycles. The summed E-state index contributed by atoms with van der Waals surface area (Å²) in [7, 11) is 0. The van der Waals surface area contributed by atoms with Crippen LogP contribution in [0.4, 0.5) is 0 Å². The van der Waals surface area contributed by atoms with Gasteiger partial charge in [0, 0.05) is 12.1 Å². The maximum atomic E-state index is 9.77. The normalized spacial score (nSPS) is 28.7. The van der Waals surface area contributed by atoms with E-state index in [-0.39, 0.29) is 12.0 Å². The molecule has 70 valence electrons. The summed E-state index contributed by atoms with van der Waals surface area (Å²) in [6, 6.07) is 1.95. The lowest BCUT2D eigenvalue weighted by molar-refractivity contribution is 0.106. The summed E-state index contributed by atoms with van der Waals surface area (Å²) in [5.74, 6) is 0.282. The zero-order valence-electron chi connectivity index (χ0n) is 7.56. The van der Waals surface area contributed by atoms with Crippen molar-refractivity contribution in [2.24, 2.45) is 0 Å². The second kappa shape index (κ2) is 3.83. The van der Waals surface area contributed by atoms with Gasteiger partial charge < -0.3 is 5.11 Å². The molecule has 1 fully saturated rings. The minimum Gasteiger partial charge on any atom is -0.392 e. The topological polar surface area (TPSA) is 46.0 Å². The Labute approximate surface area is 77.8 Å². The van der Waals surface area contributed by atoms with E-state index in [2.05, 4.69) is 10.2 Å². The second-order valence-corrected chi connectivity index (χ2v) is 3.63. The van der Waals surface area contributed by atoms with Crippen LogP contribution in [-0.2, 0) is 0 Å². The van der Waals surface area contributed by atoms with Gasteiger partial charge in [0.2, 0.25) is 0 Å². The van der Waals surface area contributed by atoms with Crippen molar-refractivity contribution in [3.05, 3.63) is 24.0 Å². The molecule has 0 aliphatic heterocycles. The highest BCUT2D eigenvalue weighted by atomic mass is 16.3. The van der Waals surface area contributed by atoms with Crippen LogP contribution in [0.3, 0.4) is 0 Å². The first kappa shape index (κ1) is 8.63. The highest BCUT2D eigenvalue weighted by molar-refractivity contribution is 5.14. The smallest absolute Gasteiger partial charge is 0.0609 e. The van der Waals surface area contributed by atoms with Gasteiger partial charge >= 0.3 is 0 Å². The molecule has 1 aliphatic carbocycles. The Morgan fingerprint density at radius 1 is 1.23 bits per heavy atom. The third-order valence-corrected chi connectivity index (χ3v) is 2.76. The first-order chi connectivity index (χ1) is 6.38. The van der Waals surface area contributed by atoms with Crippen molar-refractivity contribution >= 4 is 0 Å². The molecule has 0 spiro atoms. The van der Waals surface area contributed by atoms with Crippen LogP contribution in [0.15, 0.2) is 18.5 Å². The summed E-state index contributed by atoms with van der Waals surface area (Å²) in [6.45, 7) is 0. The minimum atomic E-state index is -0.182. The zero-order chi connectivity index (χ0) is 9.10. The van der Waals surface area contributed by atoms with Gasteiger partial charge in [0.15, 0.2) is 0 Å². The SMILES string of the molecule is O[C@H]1CCCC[C@@H]1c1ccnnc1. The van der Waals surface area contributed by atoms with Crippen molar-refractivity contribution in [3.8, 4) is 0 Å². The molecule has 3 heteroatoms. The van der Waals surface area contributed by atoms with Gasteiger partial charge in [-0.25, -0.2) is 0 Å². The first-order valence-corrected chi connectivity index (χ1v) is 4.82. The van der Waals surface area contributed by atoms with E-state index in [0.29, 0.717) is 0 Å². The first-order valence-electron chi connectivity index (χ1n) is 4.82. The summed E-state index contributed by atoms with van der Waals surface area (Å²) in [6.07, 6.45) is 7.63. The molecule has 1 N–H and O–H groups in total. The predicted octanol–water partition coefficient (Wildman–Crippen LogP) is 1.50. The van der Waals surface area contributed by atoms with Crippen LogP contribution in [0.25, 0.3) is 0 Å². The third kappa shape index (κ3) is 1.86. The van der Waals surface area contributed by atoms with Crippen molar-refractivity contribution in [2.75, 3.05) is 0 Å². The van der Waals surface area contributed by atoms with Gasteiger partial charge in [0.25, 0.3) is 0 Å². The molecule has 3 nitrogen and oxygen atoms in total. The Hall–Kier alpha value is -0.960. The van der Waals surface area contributed by atoms with Crippen LogP contribution in [0, 0.1) is 0 Å². The molecule has 0 radical (unpaired) electrons. The molecule has 2 atom stereocenters. The highest BCUT2D eigenvalue weighted by Gasteiger charge is 2.24. The number of nitrogens with zero attached hydrogens (tertiary/aromatic N) is 2. The van der Waals surface area contributed by atoms with Crippen LogP contribution < -0.4 is 0 Å². The van der Waals surface area contributed by atoms with E-state index in [4.69, 9.17) is 0 Å². The maximum Gasteiger partial charge on any atom is 0.0609 e. The van der Waals surface area contributed by atoms with Crippen LogP contribution in [-0.4, -0.2) is 21.4 Å². The number of aliphatic hydroxyl groups is 1. The van der Waals surface area contributed by atoms with Crippen LogP contribution >= 0.6 is 0 Å². The zero-order valence-corrected chi connectivity index (χ0v) is 7.56. The minimum absolute atomic E-state index is 0.182. The summed E-state index contributed by atoms with van der Waals surface area (Å²) < 4.78 is 0. The lowest BCUT2D eigenvalue weighted by atomic mass is 9.82. The molecule has 1 aliphatic rings. The fourth-order valence-electron chi connectivity index (χ4n) is 2.02. The standard InChI is InChI=1S/C10H14N2O/c13-10-4-2-1-3-9(10)8-5-6-11-12-7-8/h5-7,9-10,13H,1-4H2/t9-,10+/m1/s1. The van der Waals surface area contributed by atoms with Gasteiger partial charge in [-0.05, 0) is 24.5 Å². The van der Waals surface area contributed by atoms with Gasteiger partial charge in [-0.2, -0.15) is 10.2 Å². The Morgan fingerprint density at radius 3 is 2.77 bits per heavy atom. The van der Waals surface area contributed by atoms with Crippen LogP contribution in [0.2, 0.25) is 0 Å². The lowest BCUT2D eigenvalue weighted by Crippen LogP contribution is -2.22. The van der Waals surface area contributed by atoms with Gasteiger partial charge in [-0.15, -0.1) is 0 Å². The molecule has 2 rings (SSSR count). The van der Waals surface area contributed by atoms with Crippen molar-refractivity contribution in [1.82, 2.24) is 10.2 Å². The monoisotopic (exact) mass is 178 g/mol. The van der Waals surface area contributed by atoms with E-state index in [0.717, 1.165) is 24.8 Å².